The van der Waals surface area contributed by atoms with E-state index in [0.29, 0.717) is 0 Å². The molecule has 0 saturated heterocycles. The van der Waals surface area contributed by atoms with Gasteiger partial charge in [0.05, 0.1) is 0 Å². The maximum atomic E-state index is 11.2. The van der Waals surface area contributed by atoms with Crippen molar-refractivity contribution in [3.05, 3.63) is 22.5 Å². The lowest BCUT2D eigenvalue weighted by Crippen LogP contribution is -2.26. The van der Waals surface area contributed by atoms with E-state index < -0.39 is 4.92 Å². The van der Waals surface area contributed by atoms with E-state index in [9.17, 15) is 14.9 Å². The van der Waals surface area contributed by atoms with E-state index in [0.717, 1.165) is 0 Å². The fraction of sp³-hybridized carbons (Fsp3) is 0.429. The van der Waals surface area contributed by atoms with Gasteiger partial charge in [-0.25, -0.2) is 4.57 Å². The number of imidazole rings is 1. The lowest BCUT2D eigenvalue weighted by molar-refractivity contribution is -0.396. The van der Waals surface area contributed by atoms with Crippen molar-refractivity contribution in [3.63, 3.8) is 0 Å². The second-order valence-electron chi connectivity index (χ2n) is 2.90. The standard InChI is InChI=1S/C7H10N4O3/c1-9(2)6(12)5-10-4-3-8-7(10)11(13)14/h3-4H,5H2,1-2H3. The first-order chi connectivity index (χ1) is 6.52. The van der Waals surface area contributed by atoms with Crippen LogP contribution >= 0.6 is 0 Å². The third-order valence-corrected chi connectivity index (χ3v) is 1.66. The molecule has 1 amide bonds. The maximum Gasteiger partial charge on any atom is 0.435 e. The van der Waals surface area contributed by atoms with E-state index in [2.05, 4.69) is 4.98 Å². The molecule has 0 spiro atoms. The summed E-state index contributed by atoms with van der Waals surface area (Å²) in [7, 11) is 3.18. The lowest BCUT2D eigenvalue weighted by Gasteiger charge is -2.08. The largest absolute Gasteiger partial charge is 0.435 e. The van der Waals surface area contributed by atoms with Gasteiger partial charge < -0.3 is 15.0 Å². The van der Waals surface area contributed by atoms with Crippen LogP contribution in [0.25, 0.3) is 0 Å². The minimum Gasteiger partial charge on any atom is -0.390 e. The van der Waals surface area contributed by atoms with Gasteiger partial charge in [0, 0.05) is 14.1 Å². The van der Waals surface area contributed by atoms with E-state index in [1.54, 1.807) is 14.1 Å². The number of likely N-dealkylation sites (N-methyl/N-ethyl adjacent to an activating group) is 1. The molecule has 0 aromatic carbocycles. The fourth-order valence-electron chi connectivity index (χ4n) is 0.884. The molecule has 0 aliphatic carbocycles. The van der Waals surface area contributed by atoms with Crippen molar-refractivity contribution >= 4 is 11.9 Å². The molecule has 0 N–H and O–H groups in total. The second kappa shape index (κ2) is 3.86. The molecule has 7 nitrogen and oxygen atoms in total. The van der Waals surface area contributed by atoms with Crippen molar-refractivity contribution in [2.24, 2.45) is 0 Å². The molecule has 0 unspecified atom stereocenters. The number of rotatable bonds is 3. The molecule has 1 aromatic rings. The Morgan fingerprint density at radius 3 is 2.86 bits per heavy atom. The van der Waals surface area contributed by atoms with Gasteiger partial charge >= 0.3 is 5.95 Å². The summed E-state index contributed by atoms with van der Waals surface area (Å²) in [6, 6.07) is 0. The zero-order valence-electron chi connectivity index (χ0n) is 7.88. The average molecular weight is 198 g/mol. The average Bonchev–Trinajstić information content (AvgIpc) is 2.52. The minimum absolute atomic E-state index is 0.0662. The highest BCUT2D eigenvalue weighted by Crippen LogP contribution is 2.06. The van der Waals surface area contributed by atoms with Crippen LogP contribution in [-0.2, 0) is 11.3 Å². The number of nitro groups is 1. The first-order valence-corrected chi connectivity index (χ1v) is 3.88. The van der Waals surface area contributed by atoms with Crippen LogP contribution in [0.15, 0.2) is 12.4 Å². The fourth-order valence-corrected chi connectivity index (χ4v) is 0.884. The molecule has 1 rings (SSSR count). The Hall–Kier alpha value is -1.92. The summed E-state index contributed by atoms with van der Waals surface area (Å²) in [5.74, 6) is -0.536. The molecule has 1 heterocycles. The summed E-state index contributed by atoms with van der Waals surface area (Å²) < 4.78 is 1.20. The predicted octanol–water partition coefficient (Wildman–Crippen LogP) is -0.121. The summed E-state index contributed by atoms with van der Waals surface area (Å²) in [4.78, 5) is 25.9. The van der Waals surface area contributed by atoms with E-state index >= 15 is 0 Å². The van der Waals surface area contributed by atoms with Gasteiger partial charge in [0.1, 0.15) is 12.4 Å². The molecule has 0 aliphatic rings. The summed E-state index contributed by atoms with van der Waals surface area (Å²) >= 11 is 0. The molecule has 0 aliphatic heterocycles. The number of nitrogens with zero attached hydrogens (tertiary/aromatic N) is 4. The van der Waals surface area contributed by atoms with Gasteiger partial charge in [-0.15, -0.1) is 0 Å². The van der Waals surface area contributed by atoms with Crippen molar-refractivity contribution in [1.82, 2.24) is 14.5 Å². The van der Waals surface area contributed by atoms with Crippen molar-refractivity contribution < 1.29 is 9.72 Å². The van der Waals surface area contributed by atoms with E-state index in [4.69, 9.17) is 0 Å². The Labute approximate surface area is 80.1 Å². The smallest absolute Gasteiger partial charge is 0.390 e. The number of carbonyl (C=O) groups excluding carboxylic acids is 1. The van der Waals surface area contributed by atoms with Crippen molar-refractivity contribution in [1.29, 1.82) is 0 Å². The van der Waals surface area contributed by atoms with Crippen LogP contribution in [-0.4, -0.2) is 39.4 Å². The molecule has 7 heteroatoms. The number of amides is 1. The van der Waals surface area contributed by atoms with E-state index in [-0.39, 0.29) is 18.4 Å². The van der Waals surface area contributed by atoms with Crippen LogP contribution in [0.1, 0.15) is 0 Å². The second-order valence-corrected chi connectivity index (χ2v) is 2.90. The van der Waals surface area contributed by atoms with Gasteiger partial charge in [0.2, 0.25) is 0 Å². The number of hydrogen-bond donors (Lipinski definition) is 0. The summed E-state index contributed by atoms with van der Waals surface area (Å²) in [6.07, 6.45) is 2.70. The van der Waals surface area contributed by atoms with Crippen LogP contribution in [0.2, 0.25) is 0 Å². The minimum atomic E-state index is -0.622. The summed E-state index contributed by atoms with van der Waals surface area (Å²) in [5, 5.41) is 10.4. The van der Waals surface area contributed by atoms with Gasteiger partial charge in [-0.05, 0) is 4.92 Å². The van der Waals surface area contributed by atoms with Gasteiger partial charge in [-0.3, -0.25) is 4.79 Å². The predicted molar refractivity (Wildman–Crippen MR) is 47.6 cm³/mol. The van der Waals surface area contributed by atoms with Crippen molar-refractivity contribution in [2.45, 2.75) is 6.54 Å². The Kier molecular flexibility index (Phi) is 2.80. The molecule has 0 fully saturated rings. The molecular formula is C7H10N4O3. The highest BCUT2D eigenvalue weighted by molar-refractivity contribution is 5.75. The number of hydrogen-bond acceptors (Lipinski definition) is 4. The summed E-state index contributed by atoms with van der Waals surface area (Å²) in [5.41, 5.74) is 0. The van der Waals surface area contributed by atoms with Crippen LogP contribution in [0, 0.1) is 10.1 Å². The SMILES string of the molecule is CN(C)C(=O)Cn1ccnc1[N+](=O)[O-]. The van der Waals surface area contributed by atoms with Crippen molar-refractivity contribution in [2.75, 3.05) is 14.1 Å². The van der Waals surface area contributed by atoms with Gasteiger partial charge in [0.25, 0.3) is 5.91 Å². The maximum absolute atomic E-state index is 11.2. The van der Waals surface area contributed by atoms with Gasteiger partial charge in [-0.1, -0.05) is 4.98 Å². The van der Waals surface area contributed by atoms with Crippen LogP contribution in [0.3, 0.4) is 0 Å². The molecule has 0 saturated carbocycles. The van der Waals surface area contributed by atoms with Crippen LogP contribution in [0.5, 0.6) is 0 Å². The van der Waals surface area contributed by atoms with E-state index in [1.807, 2.05) is 0 Å². The van der Waals surface area contributed by atoms with Crippen LogP contribution < -0.4 is 0 Å². The number of aromatic nitrogens is 2. The van der Waals surface area contributed by atoms with E-state index in [1.165, 1.54) is 21.9 Å². The Morgan fingerprint density at radius 1 is 1.71 bits per heavy atom. The number of carbonyl (C=O) groups is 1. The zero-order valence-corrected chi connectivity index (χ0v) is 7.88. The monoisotopic (exact) mass is 198 g/mol. The molecule has 0 atom stereocenters. The molecule has 0 radical (unpaired) electrons. The summed E-state index contributed by atoms with van der Waals surface area (Å²) in [6.45, 7) is -0.0662. The third kappa shape index (κ3) is 2.06. The molecule has 14 heavy (non-hydrogen) atoms. The molecular weight excluding hydrogens is 188 g/mol. The molecule has 0 bridgehead atoms. The first kappa shape index (κ1) is 10.2. The van der Waals surface area contributed by atoms with Gasteiger partial charge in [0.15, 0.2) is 6.54 Å². The normalized spacial score (nSPS) is 9.86. The topological polar surface area (TPSA) is 81.3 Å². The van der Waals surface area contributed by atoms with Crippen LogP contribution in [0.4, 0.5) is 5.95 Å². The van der Waals surface area contributed by atoms with Crippen molar-refractivity contribution in [3.8, 4) is 0 Å². The Bertz CT molecular complexity index is 358. The molecule has 76 valence electrons. The third-order valence-electron chi connectivity index (χ3n) is 1.66. The van der Waals surface area contributed by atoms with Gasteiger partial charge in [-0.2, -0.15) is 0 Å². The molecule has 1 aromatic heterocycles. The highest BCUT2D eigenvalue weighted by Gasteiger charge is 2.17. The zero-order chi connectivity index (χ0) is 10.7. The quantitative estimate of drug-likeness (QED) is 0.500. The highest BCUT2D eigenvalue weighted by atomic mass is 16.6. The Morgan fingerprint density at radius 2 is 2.36 bits per heavy atom. The lowest BCUT2D eigenvalue weighted by atomic mass is 10.5. The first-order valence-electron chi connectivity index (χ1n) is 3.88. The Balaban J connectivity index is 2.82.